The van der Waals surface area contributed by atoms with Crippen molar-refractivity contribution >= 4 is 29.1 Å². The second kappa shape index (κ2) is 9.43. The zero-order chi connectivity index (χ0) is 19.1. The third-order valence-corrected chi connectivity index (χ3v) is 4.62. The zero-order valence-electron chi connectivity index (χ0n) is 14.6. The van der Waals surface area contributed by atoms with E-state index >= 15 is 0 Å². The van der Waals surface area contributed by atoms with E-state index in [0.29, 0.717) is 33.9 Å². The van der Waals surface area contributed by atoms with Crippen LogP contribution in [0.4, 0.5) is 0 Å². The first kappa shape index (κ1) is 19.3. The molecule has 3 aromatic rings. The van der Waals surface area contributed by atoms with Crippen molar-refractivity contribution in [2.45, 2.75) is 18.7 Å². The molecule has 1 heterocycles. The summed E-state index contributed by atoms with van der Waals surface area (Å²) in [5.41, 5.74) is 0.632. The van der Waals surface area contributed by atoms with E-state index < -0.39 is 0 Å². The van der Waals surface area contributed by atoms with E-state index in [1.54, 1.807) is 48.5 Å². The Balaban J connectivity index is 1.48. The van der Waals surface area contributed by atoms with Crippen LogP contribution in [0.25, 0.3) is 0 Å². The summed E-state index contributed by atoms with van der Waals surface area (Å²) in [6.07, 6.45) is 0. The number of nitrogens with zero attached hydrogens (tertiary/aromatic N) is 2. The molecule has 140 valence electrons. The molecule has 0 fully saturated rings. The van der Waals surface area contributed by atoms with Gasteiger partial charge in [-0.3, -0.25) is 9.89 Å². The molecule has 0 radical (unpaired) electrons. The maximum atomic E-state index is 12.3. The van der Waals surface area contributed by atoms with E-state index in [-0.39, 0.29) is 18.1 Å². The minimum absolute atomic E-state index is 0.00631. The van der Waals surface area contributed by atoms with Gasteiger partial charge in [-0.05, 0) is 55.5 Å². The fraction of sp³-hybridized carbons (Fsp3) is 0.211. The first-order chi connectivity index (χ1) is 13.1. The Kier molecular flexibility index (Phi) is 6.73. The highest BCUT2D eigenvalue weighted by Crippen LogP contribution is 2.19. The first-order valence-electron chi connectivity index (χ1n) is 8.32. The third kappa shape index (κ3) is 5.74. The van der Waals surface area contributed by atoms with Crippen molar-refractivity contribution in [1.29, 1.82) is 0 Å². The summed E-state index contributed by atoms with van der Waals surface area (Å²) in [5, 5.41) is 8.07. The number of nitrogens with one attached hydrogen (secondary N) is 1. The monoisotopic (exact) mass is 403 g/mol. The second-order valence-corrected chi connectivity index (χ2v) is 6.86. The predicted molar refractivity (Wildman–Crippen MR) is 105 cm³/mol. The summed E-state index contributed by atoms with van der Waals surface area (Å²) >= 11 is 7.11. The number of aromatic amines is 1. The van der Waals surface area contributed by atoms with Crippen molar-refractivity contribution in [1.82, 2.24) is 15.2 Å². The Labute approximate surface area is 166 Å². The van der Waals surface area contributed by atoms with Crippen LogP contribution in [-0.4, -0.2) is 33.3 Å². The van der Waals surface area contributed by atoms with E-state index in [1.165, 1.54) is 11.8 Å². The quantitative estimate of drug-likeness (QED) is 0.421. The molecule has 6 nitrogen and oxygen atoms in total. The van der Waals surface area contributed by atoms with Crippen LogP contribution in [0.5, 0.6) is 11.5 Å². The Bertz CT molecular complexity index is 882. The highest BCUT2D eigenvalue weighted by atomic mass is 35.5. The summed E-state index contributed by atoms with van der Waals surface area (Å²) in [6.45, 7) is 2.77. The van der Waals surface area contributed by atoms with Crippen LogP contribution >= 0.6 is 23.4 Å². The lowest BCUT2D eigenvalue weighted by molar-refractivity contribution is 0.102. The SMILES string of the molecule is CCOc1ccc(C(=O)CSc2n[nH]c(COc3ccc(Cl)cc3)n2)cc1. The van der Waals surface area contributed by atoms with Crippen LogP contribution in [0.15, 0.2) is 53.7 Å². The molecular weight excluding hydrogens is 386 g/mol. The number of aromatic nitrogens is 3. The standard InChI is InChI=1S/C19H18ClN3O3S/c1-2-25-15-7-3-13(4-8-15)17(24)12-27-19-21-18(22-23-19)11-26-16-9-5-14(20)6-10-16/h3-10H,2,11-12H2,1H3,(H,21,22,23). The highest BCUT2D eigenvalue weighted by Gasteiger charge is 2.10. The van der Waals surface area contributed by atoms with Crippen molar-refractivity contribution in [3.63, 3.8) is 0 Å². The number of ether oxygens (including phenoxy) is 2. The molecule has 0 aliphatic carbocycles. The molecule has 8 heteroatoms. The van der Waals surface area contributed by atoms with Gasteiger partial charge in [-0.1, -0.05) is 23.4 Å². The number of rotatable bonds is 9. The summed E-state index contributed by atoms with van der Waals surface area (Å²) in [5.74, 6) is 2.29. The summed E-state index contributed by atoms with van der Waals surface area (Å²) in [6, 6.07) is 14.2. The summed E-state index contributed by atoms with van der Waals surface area (Å²) in [4.78, 5) is 16.6. The van der Waals surface area contributed by atoms with Gasteiger partial charge in [0.25, 0.3) is 0 Å². The lowest BCUT2D eigenvalue weighted by Crippen LogP contribution is -2.03. The van der Waals surface area contributed by atoms with Crippen LogP contribution < -0.4 is 9.47 Å². The average molecular weight is 404 g/mol. The largest absolute Gasteiger partial charge is 0.494 e. The Morgan fingerprint density at radius 2 is 1.74 bits per heavy atom. The van der Waals surface area contributed by atoms with Crippen molar-refractivity contribution in [3.05, 3.63) is 64.9 Å². The number of H-pyrrole nitrogens is 1. The molecule has 0 saturated heterocycles. The van der Waals surface area contributed by atoms with Crippen molar-refractivity contribution < 1.29 is 14.3 Å². The number of ketones is 1. The molecule has 1 N–H and O–H groups in total. The number of carbonyl (C=O) groups is 1. The number of halogens is 1. The lowest BCUT2D eigenvalue weighted by Gasteiger charge is -2.04. The van der Waals surface area contributed by atoms with Crippen LogP contribution in [0.2, 0.25) is 5.02 Å². The van der Waals surface area contributed by atoms with Gasteiger partial charge in [-0.25, -0.2) is 4.98 Å². The molecule has 0 spiro atoms. The molecule has 0 aliphatic rings. The number of Topliss-reactive ketones (excluding diaryl/α,β-unsaturated/α-hetero) is 1. The van der Waals surface area contributed by atoms with Gasteiger partial charge in [-0.2, -0.15) is 0 Å². The van der Waals surface area contributed by atoms with Gasteiger partial charge in [-0.15, -0.1) is 5.10 Å². The minimum Gasteiger partial charge on any atom is -0.494 e. The van der Waals surface area contributed by atoms with Crippen LogP contribution in [0.3, 0.4) is 0 Å². The molecule has 0 bridgehead atoms. The average Bonchev–Trinajstić information content (AvgIpc) is 3.14. The molecular formula is C19H18ClN3O3S. The Hall–Kier alpha value is -2.51. The fourth-order valence-corrected chi connectivity index (χ4v) is 3.04. The maximum Gasteiger partial charge on any atom is 0.208 e. The smallest absolute Gasteiger partial charge is 0.208 e. The second-order valence-electron chi connectivity index (χ2n) is 5.48. The number of benzene rings is 2. The van der Waals surface area contributed by atoms with Crippen LogP contribution in [0, 0.1) is 0 Å². The maximum absolute atomic E-state index is 12.3. The molecule has 2 aromatic carbocycles. The number of hydrogen-bond acceptors (Lipinski definition) is 6. The number of hydrogen-bond donors (Lipinski definition) is 1. The molecule has 0 amide bonds. The molecule has 3 rings (SSSR count). The summed E-state index contributed by atoms with van der Waals surface area (Å²) < 4.78 is 11.0. The van der Waals surface area contributed by atoms with Gasteiger partial charge in [0.2, 0.25) is 5.16 Å². The third-order valence-electron chi connectivity index (χ3n) is 3.52. The molecule has 27 heavy (non-hydrogen) atoms. The van der Waals surface area contributed by atoms with Crippen molar-refractivity contribution in [2.24, 2.45) is 0 Å². The molecule has 0 aliphatic heterocycles. The topological polar surface area (TPSA) is 77.1 Å². The van der Waals surface area contributed by atoms with Crippen LogP contribution in [0.1, 0.15) is 23.1 Å². The molecule has 0 atom stereocenters. The van der Waals surface area contributed by atoms with E-state index in [1.807, 2.05) is 6.92 Å². The van der Waals surface area contributed by atoms with E-state index in [2.05, 4.69) is 15.2 Å². The Morgan fingerprint density at radius 1 is 1.07 bits per heavy atom. The van der Waals surface area contributed by atoms with E-state index in [9.17, 15) is 4.79 Å². The fourth-order valence-electron chi connectivity index (χ4n) is 2.21. The van der Waals surface area contributed by atoms with Gasteiger partial charge in [0.1, 0.15) is 18.1 Å². The van der Waals surface area contributed by atoms with Gasteiger partial charge in [0, 0.05) is 10.6 Å². The highest BCUT2D eigenvalue weighted by molar-refractivity contribution is 7.99. The van der Waals surface area contributed by atoms with Crippen LogP contribution in [-0.2, 0) is 6.61 Å². The molecule has 1 aromatic heterocycles. The van der Waals surface area contributed by atoms with Crippen molar-refractivity contribution in [2.75, 3.05) is 12.4 Å². The van der Waals surface area contributed by atoms with Gasteiger partial charge in [0.15, 0.2) is 11.6 Å². The van der Waals surface area contributed by atoms with E-state index in [4.69, 9.17) is 21.1 Å². The predicted octanol–water partition coefficient (Wildman–Crippen LogP) is 4.41. The van der Waals surface area contributed by atoms with Gasteiger partial charge < -0.3 is 9.47 Å². The molecule has 0 unspecified atom stereocenters. The number of thioether (sulfide) groups is 1. The summed E-state index contributed by atoms with van der Waals surface area (Å²) in [7, 11) is 0. The van der Waals surface area contributed by atoms with E-state index in [0.717, 1.165) is 5.75 Å². The molecule has 0 saturated carbocycles. The van der Waals surface area contributed by atoms with Crippen molar-refractivity contribution in [3.8, 4) is 11.5 Å². The number of carbonyl (C=O) groups excluding carboxylic acids is 1. The van der Waals surface area contributed by atoms with Gasteiger partial charge in [0.05, 0.1) is 12.4 Å². The minimum atomic E-state index is 0.00631. The van der Waals surface area contributed by atoms with Gasteiger partial charge >= 0.3 is 0 Å². The lowest BCUT2D eigenvalue weighted by atomic mass is 10.1. The zero-order valence-corrected chi connectivity index (χ0v) is 16.2. The Morgan fingerprint density at radius 3 is 2.44 bits per heavy atom. The normalized spacial score (nSPS) is 10.6. The first-order valence-corrected chi connectivity index (χ1v) is 9.69.